The number of benzene rings is 2. The summed E-state index contributed by atoms with van der Waals surface area (Å²) in [4.78, 5) is 16.4. The van der Waals surface area contributed by atoms with E-state index in [-0.39, 0.29) is 36.8 Å². The molecule has 0 saturated carbocycles. The minimum Gasteiger partial charge on any atom is -0.355 e. The van der Waals surface area contributed by atoms with E-state index in [2.05, 4.69) is 15.1 Å². The van der Waals surface area contributed by atoms with Crippen molar-refractivity contribution >= 4 is 5.91 Å². The first-order valence-corrected chi connectivity index (χ1v) is 9.90. The Kier molecular flexibility index (Phi) is 7.66. The zero-order chi connectivity index (χ0) is 20.6. The molecule has 0 aromatic heterocycles. The molecule has 0 bridgehead atoms. The quantitative estimate of drug-likeness (QED) is 0.769. The van der Waals surface area contributed by atoms with Crippen LogP contribution in [-0.4, -0.2) is 55.0 Å². The maximum Gasteiger partial charge on any atom is 0.234 e. The predicted molar refractivity (Wildman–Crippen MR) is 106 cm³/mol. The van der Waals surface area contributed by atoms with Crippen LogP contribution in [0, 0.1) is 17.5 Å². The minimum atomic E-state index is -0.596. The average Bonchev–Trinajstić information content (AvgIpc) is 2.91. The van der Waals surface area contributed by atoms with Gasteiger partial charge in [-0.15, -0.1) is 0 Å². The van der Waals surface area contributed by atoms with Gasteiger partial charge in [0.15, 0.2) is 0 Å². The van der Waals surface area contributed by atoms with E-state index in [1.807, 2.05) is 6.07 Å². The molecule has 0 radical (unpaired) electrons. The van der Waals surface area contributed by atoms with Gasteiger partial charge >= 0.3 is 0 Å². The first kappa shape index (κ1) is 21.3. The fraction of sp³-hybridized carbons (Fsp3) is 0.409. The summed E-state index contributed by atoms with van der Waals surface area (Å²) in [5, 5.41) is 2.73. The van der Waals surface area contributed by atoms with Gasteiger partial charge in [-0.1, -0.05) is 24.3 Å². The number of halogens is 3. The van der Waals surface area contributed by atoms with E-state index in [0.717, 1.165) is 26.1 Å². The van der Waals surface area contributed by atoms with Crippen molar-refractivity contribution in [2.24, 2.45) is 0 Å². The number of carbonyl (C=O) groups is 1. The van der Waals surface area contributed by atoms with Gasteiger partial charge in [0.1, 0.15) is 17.5 Å². The van der Waals surface area contributed by atoms with Gasteiger partial charge in [-0.25, -0.2) is 13.2 Å². The van der Waals surface area contributed by atoms with Crippen molar-refractivity contribution in [2.75, 3.05) is 39.3 Å². The Morgan fingerprint density at radius 2 is 1.52 bits per heavy atom. The van der Waals surface area contributed by atoms with Crippen LogP contribution in [0.3, 0.4) is 0 Å². The Bertz CT molecular complexity index is 810. The second-order valence-corrected chi connectivity index (χ2v) is 7.30. The number of nitrogens with zero attached hydrogens (tertiary/aromatic N) is 2. The highest BCUT2D eigenvalue weighted by Crippen LogP contribution is 2.13. The highest BCUT2D eigenvalue weighted by Gasteiger charge is 2.18. The zero-order valence-electron chi connectivity index (χ0n) is 16.3. The highest BCUT2D eigenvalue weighted by atomic mass is 19.1. The summed E-state index contributed by atoms with van der Waals surface area (Å²) in [6.45, 7) is 4.08. The molecular formula is C22H26F3N3O. The summed E-state index contributed by atoms with van der Waals surface area (Å²) in [7, 11) is 0. The molecule has 3 rings (SSSR count). The number of carbonyl (C=O) groups excluding carboxylic acids is 1. The molecule has 1 aliphatic rings. The van der Waals surface area contributed by atoms with E-state index in [1.54, 1.807) is 12.1 Å². The summed E-state index contributed by atoms with van der Waals surface area (Å²) >= 11 is 0. The Labute approximate surface area is 169 Å². The van der Waals surface area contributed by atoms with Gasteiger partial charge in [0.2, 0.25) is 5.91 Å². The average molecular weight is 405 g/mol. The number of nitrogens with one attached hydrogen (secondary N) is 1. The molecule has 0 aliphatic carbocycles. The van der Waals surface area contributed by atoms with Crippen molar-refractivity contribution in [3.63, 3.8) is 0 Å². The highest BCUT2D eigenvalue weighted by molar-refractivity contribution is 5.78. The summed E-state index contributed by atoms with van der Waals surface area (Å²) in [5.74, 6) is -1.55. The lowest BCUT2D eigenvalue weighted by Crippen LogP contribution is -2.39. The topological polar surface area (TPSA) is 35.6 Å². The molecule has 0 unspecified atom stereocenters. The molecule has 4 nitrogen and oxygen atoms in total. The molecule has 2 aromatic rings. The van der Waals surface area contributed by atoms with Crippen LogP contribution >= 0.6 is 0 Å². The van der Waals surface area contributed by atoms with Crippen LogP contribution in [0.25, 0.3) is 0 Å². The van der Waals surface area contributed by atoms with Gasteiger partial charge < -0.3 is 5.32 Å². The maximum atomic E-state index is 13.8. The fourth-order valence-electron chi connectivity index (χ4n) is 3.57. The molecule has 1 aliphatic heterocycles. The van der Waals surface area contributed by atoms with Crippen molar-refractivity contribution in [1.82, 2.24) is 15.1 Å². The largest absolute Gasteiger partial charge is 0.355 e. The van der Waals surface area contributed by atoms with Crippen LogP contribution in [0.1, 0.15) is 17.5 Å². The summed E-state index contributed by atoms with van der Waals surface area (Å²) in [6, 6.07) is 10.5. The third kappa shape index (κ3) is 6.30. The number of hydrogen-bond donors (Lipinski definition) is 1. The van der Waals surface area contributed by atoms with Crippen LogP contribution in [-0.2, 0) is 17.8 Å². The van der Waals surface area contributed by atoms with Crippen LogP contribution in [0.4, 0.5) is 13.2 Å². The van der Waals surface area contributed by atoms with Crippen molar-refractivity contribution in [2.45, 2.75) is 19.4 Å². The van der Waals surface area contributed by atoms with Crippen molar-refractivity contribution < 1.29 is 18.0 Å². The van der Waals surface area contributed by atoms with Gasteiger partial charge in [-0.2, -0.15) is 0 Å². The number of rotatable bonds is 7. The Balaban J connectivity index is 1.41. The van der Waals surface area contributed by atoms with E-state index in [9.17, 15) is 18.0 Å². The zero-order valence-corrected chi connectivity index (χ0v) is 16.3. The van der Waals surface area contributed by atoms with Crippen LogP contribution in [0.15, 0.2) is 42.5 Å². The van der Waals surface area contributed by atoms with Crippen molar-refractivity contribution in [3.8, 4) is 0 Å². The van der Waals surface area contributed by atoms with Crippen LogP contribution < -0.4 is 5.32 Å². The number of hydrogen-bond acceptors (Lipinski definition) is 3. The van der Waals surface area contributed by atoms with E-state index < -0.39 is 11.6 Å². The van der Waals surface area contributed by atoms with Crippen molar-refractivity contribution in [3.05, 3.63) is 71.0 Å². The Morgan fingerprint density at radius 1 is 0.862 bits per heavy atom. The van der Waals surface area contributed by atoms with E-state index in [0.29, 0.717) is 18.7 Å². The molecular weight excluding hydrogens is 379 g/mol. The molecule has 2 aromatic carbocycles. The molecule has 0 spiro atoms. The van der Waals surface area contributed by atoms with Crippen LogP contribution in [0.2, 0.25) is 0 Å². The normalized spacial score (nSPS) is 15.8. The van der Waals surface area contributed by atoms with Gasteiger partial charge in [-0.3, -0.25) is 14.6 Å². The maximum absolute atomic E-state index is 13.8. The lowest BCUT2D eigenvalue weighted by molar-refractivity contribution is -0.122. The van der Waals surface area contributed by atoms with Gasteiger partial charge in [-0.05, 0) is 44.1 Å². The standard InChI is InChI=1S/C22H26F3N3O/c23-19-6-2-1-5-17(19)15-27-11-4-12-28(14-13-27)16-22(29)26-10-9-18-20(24)7-3-8-21(18)25/h1-3,5-8H,4,9-16H2,(H,26,29). The Morgan fingerprint density at radius 3 is 2.28 bits per heavy atom. The van der Waals surface area contributed by atoms with E-state index in [4.69, 9.17) is 0 Å². The predicted octanol–water partition coefficient (Wildman–Crippen LogP) is 2.97. The Hall–Kier alpha value is -2.38. The van der Waals surface area contributed by atoms with Gasteiger partial charge in [0.25, 0.3) is 0 Å². The molecule has 29 heavy (non-hydrogen) atoms. The van der Waals surface area contributed by atoms with Gasteiger partial charge in [0, 0.05) is 37.3 Å². The smallest absolute Gasteiger partial charge is 0.234 e. The third-order valence-corrected chi connectivity index (χ3v) is 5.16. The molecule has 1 amide bonds. The molecule has 156 valence electrons. The molecule has 1 heterocycles. The third-order valence-electron chi connectivity index (χ3n) is 5.16. The lowest BCUT2D eigenvalue weighted by atomic mass is 10.1. The first-order valence-electron chi connectivity index (χ1n) is 9.90. The van der Waals surface area contributed by atoms with E-state index in [1.165, 1.54) is 24.3 Å². The molecule has 1 saturated heterocycles. The SMILES string of the molecule is O=C(CN1CCCN(Cc2ccccc2F)CC1)NCCc1c(F)cccc1F. The number of amides is 1. The molecule has 0 atom stereocenters. The fourth-order valence-corrected chi connectivity index (χ4v) is 3.57. The minimum absolute atomic E-state index is 0.00800. The van der Waals surface area contributed by atoms with Crippen molar-refractivity contribution in [1.29, 1.82) is 0 Å². The van der Waals surface area contributed by atoms with Crippen LogP contribution in [0.5, 0.6) is 0 Å². The van der Waals surface area contributed by atoms with Gasteiger partial charge in [0.05, 0.1) is 6.54 Å². The second kappa shape index (κ2) is 10.4. The summed E-state index contributed by atoms with van der Waals surface area (Å²) < 4.78 is 41.1. The monoisotopic (exact) mass is 405 g/mol. The summed E-state index contributed by atoms with van der Waals surface area (Å²) in [6.07, 6.45) is 1.00. The second-order valence-electron chi connectivity index (χ2n) is 7.30. The summed E-state index contributed by atoms with van der Waals surface area (Å²) in [5.41, 5.74) is 0.672. The lowest BCUT2D eigenvalue weighted by Gasteiger charge is -2.21. The molecule has 7 heteroatoms. The van der Waals surface area contributed by atoms with E-state index >= 15 is 0 Å². The molecule has 1 N–H and O–H groups in total. The molecule has 1 fully saturated rings. The first-order chi connectivity index (χ1) is 14.0.